The van der Waals surface area contributed by atoms with Gasteiger partial charge in [0.2, 0.25) is 5.91 Å². The van der Waals surface area contributed by atoms with Crippen LogP contribution in [-0.2, 0) is 16.8 Å². The normalized spacial score (nSPS) is 13.7. The van der Waals surface area contributed by atoms with E-state index >= 15 is 0 Å². The molecule has 2 aromatic rings. The highest BCUT2D eigenvalue weighted by atomic mass is 16.4. The van der Waals surface area contributed by atoms with Crippen LogP contribution in [-0.4, -0.2) is 36.6 Å². The molecular formula is C21H30N4O3. The Hall–Kier alpha value is -2.80. The largest absolute Gasteiger partial charge is 0.463 e. The van der Waals surface area contributed by atoms with E-state index < -0.39 is 5.60 Å². The number of nitrogens with zero attached hydrogens (tertiary/aromatic N) is 1. The summed E-state index contributed by atoms with van der Waals surface area (Å²) in [7, 11) is 0. The number of amides is 1. The van der Waals surface area contributed by atoms with Crippen molar-refractivity contribution in [2.75, 3.05) is 25.0 Å². The molecule has 28 heavy (non-hydrogen) atoms. The summed E-state index contributed by atoms with van der Waals surface area (Å²) in [5.74, 6) is 1.45. The fraction of sp³-hybridized carbons (Fsp3) is 0.429. The lowest BCUT2D eigenvalue weighted by Gasteiger charge is -2.22. The van der Waals surface area contributed by atoms with Crippen molar-refractivity contribution in [3.05, 3.63) is 53.5 Å². The van der Waals surface area contributed by atoms with Crippen molar-refractivity contribution in [2.45, 2.75) is 39.7 Å². The first-order chi connectivity index (χ1) is 13.3. The molecule has 0 spiro atoms. The van der Waals surface area contributed by atoms with Crippen LogP contribution in [0.4, 0.5) is 5.69 Å². The number of aliphatic hydroxyl groups is 1. The maximum atomic E-state index is 12.2. The number of hydrogen-bond donors (Lipinski definition) is 4. The second kappa shape index (κ2) is 9.94. The van der Waals surface area contributed by atoms with Crippen molar-refractivity contribution in [1.82, 2.24) is 10.6 Å². The van der Waals surface area contributed by atoms with Crippen LogP contribution in [0.15, 0.2) is 45.8 Å². The zero-order chi connectivity index (χ0) is 20.6. The van der Waals surface area contributed by atoms with Gasteiger partial charge in [0.1, 0.15) is 23.7 Å². The summed E-state index contributed by atoms with van der Waals surface area (Å²) in [5.41, 5.74) is 0.716. The third-order valence-electron chi connectivity index (χ3n) is 4.22. The van der Waals surface area contributed by atoms with Crippen LogP contribution in [0.3, 0.4) is 0 Å². The van der Waals surface area contributed by atoms with E-state index in [1.165, 1.54) is 0 Å². The number of rotatable bonds is 8. The van der Waals surface area contributed by atoms with Gasteiger partial charge >= 0.3 is 0 Å². The zero-order valence-electron chi connectivity index (χ0n) is 17.0. The van der Waals surface area contributed by atoms with Crippen LogP contribution in [0.5, 0.6) is 0 Å². The number of aryl methyl sites for hydroxylation is 2. The lowest BCUT2D eigenvalue weighted by atomic mass is 10.0. The van der Waals surface area contributed by atoms with Gasteiger partial charge in [-0.2, -0.15) is 0 Å². The second-order valence-electron chi connectivity index (χ2n) is 6.83. The molecule has 1 amide bonds. The van der Waals surface area contributed by atoms with E-state index in [1.807, 2.05) is 38.1 Å². The predicted octanol–water partition coefficient (Wildman–Crippen LogP) is 2.55. The van der Waals surface area contributed by atoms with Gasteiger partial charge in [-0.1, -0.05) is 19.1 Å². The van der Waals surface area contributed by atoms with Crippen molar-refractivity contribution in [1.29, 1.82) is 0 Å². The number of carbonyl (C=O) groups excluding carboxylic acids is 1. The van der Waals surface area contributed by atoms with Crippen LogP contribution in [0.25, 0.3) is 0 Å². The molecule has 7 nitrogen and oxygen atoms in total. The van der Waals surface area contributed by atoms with Crippen molar-refractivity contribution in [3.8, 4) is 0 Å². The average molecular weight is 386 g/mol. The van der Waals surface area contributed by atoms with Crippen LogP contribution >= 0.6 is 0 Å². The summed E-state index contributed by atoms with van der Waals surface area (Å²) in [6.07, 6.45) is 0.908. The monoisotopic (exact) mass is 386 g/mol. The van der Waals surface area contributed by atoms with E-state index in [9.17, 15) is 9.90 Å². The highest BCUT2D eigenvalue weighted by molar-refractivity contribution is 5.94. The third-order valence-corrected chi connectivity index (χ3v) is 4.22. The Morgan fingerprint density at radius 2 is 2.00 bits per heavy atom. The Labute approximate surface area is 166 Å². The van der Waals surface area contributed by atoms with Gasteiger partial charge in [0, 0.05) is 12.2 Å². The number of guanidine groups is 1. The molecule has 0 saturated heterocycles. The molecule has 0 aliphatic carbocycles. The molecule has 0 fully saturated rings. The quantitative estimate of drug-likeness (QED) is 0.413. The lowest BCUT2D eigenvalue weighted by Crippen LogP contribution is -2.44. The second-order valence-corrected chi connectivity index (χ2v) is 6.83. The van der Waals surface area contributed by atoms with Crippen LogP contribution in [0, 0.1) is 6.92 Å². The van der Waals surface area contributed by atoms with E-state index in [1.54, 1.807) is 19.1 Å². The summed E-state index contributed by atoms with van der Waals surface area (Å²) >= 11 is 0. The maximum absolute atomic E-state index is 12.2. The summed E-state index contributed by atoms with van der Waals surface area (Å²) in [6, 6.07) is 11.3. The fourth-order valence-electron chi connectivity index (χ4n) is 2.63. The topological polar surface area (TPSA) is 98.9 Å². The minimum Gasteiger partial charge on any atom is -0.463 e. The van der Waals surface area contributed by atoms with Gasteiger partial charge in [-0.15, -0.1) is 0 Å². The molecule has 1 unspecified atom stereocenters. The Bertz CT molecular complexity index is 811. The number of aliphatic imine (C=N–C) groups is 1. The highest BCUT2D eigenvalue weighted by Gasteiger charge is 2.27. The molecule has 0 bridgehead atoms. The predicted molar refractivity (Wildman–Crippen MR) is 111 cm³/mol. The Morgan fingerprint density at radius 3 is 2.64 bits per heavy atom. The van der Waals surface area contributed by atoms with Crippen molar-refractivity contribution in [3.63, 3.8) is 0 Å². The fourth-order valence-corrected chi connectivity index (χ4v) is 2.63. The lowest BCUT2D eigenvalue weighted by molar-refractivity contribution is -0.114. The Balaban J connectivity index is 1.94. The smallest absolute Gasteiger partial charge is 0.246 e. The van der Waals surface area contributed by atoms with Crippen molar-refractivity contribution in [2.24, 2.45) is 4.99 Å². The SMILES string of the molecule is CCNC(=NCC(=O)Nc1cccc(CC)c1)NCC(C)(O)c1ccc(C)o1. The molecule has 0 aliphatic rings. The van der Waals surface area contributed by atoms with Gasteiger partial charge < -0.3 is 25.5 Å². The molecule has 1 atom stereocenters. The maximum Gasteiger partial charge on any atom is 0.246 e. The van der Waals surface area contributed by atoms with E-state index in [-0.39, 0.29) is 19.0 Å². The van der Waals surface area contributed by atoms with Crippen LogP contribution in [0.2, 0.25) is 0 Å². The first-order valence-corrected chi connectivity index (χ1v) is 9.54. The van der Waals surface area contributed by atoms with Gasteiger partial charge in [0.05, 0.1) is 6.54 Å². The number of benzene rings is 1. The summed E-state index contributed by atoms with van der Waals surface area (Å²) in [6.45, 7) is 8.27. The first-order valence-electron chi connectivity index (χ1n) is 9.54. The van der Waals surface area contributed by atoms with Gasteiger partial charge in [-0.25, -0.2) is 4.99 Å². The minimum absolute atomic E-state index is 0.0340. The summed E-state index contributed by atoms with van der Waals surface area (Å²) in [5, 5.41) is 19.6. The zero-order valence-corrected chi connectivity index (χ0v) is 17.0. The van der Waals surface area contributed by atoms with E-state index in [2.05, 4.69) is 27.9 Å². The molecule has 0 aliphatic heterocycles. The third kappa shape index (κ3) is 6.42. The number of nitrogens with one attached hydrogen (secondary N) is 3. The number of hydrogen-bond acceptors (Lipinski definition) is 4. The average Bonchev–Trinajstić information content (AvgIpc) is 3.11. The molecule has 1 aromatic carbocycles. The van der Waals surface area contributed by atoms with E-state index in [4.69, 9.17) is 4.42 Å². The first kappa shape index (κ1) is 21.5. The van der Waals surface area contributed by atoms with Crippen LogP contribution < -0.4 is 16.0 Å². The van der Waals surface area contributed by atoms with Gasteiger partial charge in [-0.3, -0.25) is 4.79 Å². The van der Waals surface area contributed by atoms with Crippen LogP contribution in [0.1, 0.15) is 37.9 Å². The number of anilines is 1. The van der Waals surface area contributed by atoms with Gasteiger partial charge in [0.15, 0.2) is 5.96 Å². The molecule has 0 saturated carbocycles. The van der Waals surface area contributed by atoms with E-state index in [0.29, 0.717) is 18.3 Å². The summed E-state index contributed by atoms with van der Waals surface area (Å²) < 4.78 is 5.51. The molecule has 2 rings (SSSR count). The molecule has 1 heterocycles. The molecule has 152 valence electrons. The molecular weight excluding hydrogens is 356 g/mol. The van der Waals surface area contributed by atoms with E-state index in [0.717, 1.165) is 23.4 Å². The Morgan fingerprint density at radius 1 is 1.21 bits per heavy atom. The number of carbonyl (C=O) groups is 1. The van der Waals surface area contributed by atoms with Crippen molar-refractivity contribution < 1.29 is 14.3 Å². The Kier molecular flexibility index (Phi) is 7.63. The van der Waals surface area contributed by atoms with Crippen molar-refractivity contribution >= 4 is 17.6 Å². The summed E-state index contributed by atoms with van der Waals surface area (Å²) in [4.78, 5) is 16.5. The van der Waals surface area contributed by atoms with Gasteiger partial charge in [0.25, 0.3) is 0 Å². The number of furan rings is 1. The van der Waals surface area contributed by atoms with Gasteiger partial charge in [-0.05, 0) is 57.0 Å². The molecule has 4 N–H and O–H groups in total. The molecule has 1 aromatic heterocycles. The molecule has 7 heteroatoms. The highest BCUT2D eigenvalue weighted by Crippen LogP contribution is 2.21. The molecule has 0 radical (unpaired) electrons. The minimum atomic E-state index is -1.20. The standard InChI is InChI=1S/C21H30N4O3/c1-5-16-8-7-9-17(12-16)25-19(26)13-23-20(22-6-2)24-14-21(4,27)18-11-10-15(3)28-18/h7-12,27H,5-6,13-14H2,1-4H3,(H,25,26)(H2,22,23,24).